The topological polar surface area (TPSA) is 94.4 Å². The van der Waals surface area contributed by atoms with Crippen LogP contribution in [0.2, 0.25) is 5.02 Å². The lowest BCUT2D eigenvalue weighted by atomic mass is 10.1. The number of rotatable bonds is 5. The normalized spacial score (nSPS) is 11.6. The molecule has 0 aliphatic heterocycles. The van der Waals surface area contributed by atoms with Gasteiger partial charge in [0.25, 0.3) is 0 Å². The molecule has 148 valence electrons. The smallest absolute Gasteiger partial charge is 0.416 e. The summed E-state index contributed by atoms with van der Waals surface area (Å²) in [6.45, 7) is 0.0126. The number of hydrogen-bond donors (Lipinski definition) is 1. The van der Waals surface area contributed by atoms with Gasteiger partial charge in [-0.15, -0.1) is 15.3 Å². The number of alkyl halides is 3. The van der Waals surface area contributed by atoms with Crippen molar-refractivity contribution in [2.24, 2.45) is 0 Å². The Morgan fingerprint density at radius 3 is 2.76 bits per heavy atom. The summed E-state index contributed by atoms with van der Waals surface area (Å²) in [5, 5.41) is 21.6. The third-order valence-corrected chi connectivity index (χ3v) is 4.17. The summed E-state index contributed by atoms with van der Waals surface area (Å²) in [5.74, 6) is 0.681. The van der Waals surface area contributed by atoms with Gasteiger partial charge in [0.15, 0.2) is 6.61 Å². The van der Waals surface area contributed by atoms with Crippen LogP contribution in [0.1, 0.15) is 11.4 Å². The van der Waals surface area contributed by atoms with Gasteiger partial charge in [-0.2, -0.15) is 18.4 Å². The second-order valence-electron chi connectivity index (χ2n) is 5.84. The highest BCUT2D eigenvalue weighted by Gasteiger charge is 2.30. The highest BCUT2D eigenvalue weighted by molar-refractivity contribution is 6.30. The number of benzene rings is 2. The van der Waals surface area contributed by atoms with Gasteiger partial charge in [-0.05, 0) is 30.3 Å². The molecule has 0 aliphatic carbocycles. The lowest BCUT2D eigenvalue weighted by molar-refractivity contribution is -0.137. The molecule has 0 amide bonds. The molecule has 0 spiro atoms. The molecule has 2 aromatic carbocycles. The molecule has 4 rings (SSSR count). The fourth-order valence-corrected chi connectivity index (χ4v) is 2.80. The second-order valence-corrected chi connectivity index (χ2v) is 6.27. The average Bonchev–Trinajstić information content (AvgIpc) is 3.38. The van der Waals surface area contributed by atoms with E-state index in [0.717, 1.165) is 12.1 Å². The van der Waals surface area contributed by atoms with E-state index in [4.69, 9.17) is 16.3 Å². The van der Waals surface area contributed by atoms with E-state index in [1.165, 1.54) is 23.0 Å². The molecule has 0 fully saturated rings. The molecule has 2 aromatic heterocycles. The van der Waals surface area contributed by atoms with Crippen molar-refractivity contribution in [3.8, 4) is 22.7 Å². The van der Waals surface area contributed by atoms with Crippen molar-refractivity contribution in [3.63, 3.8) is 0 Å². The van der Waals surface area contributed by atoms with Crippen LogP contribution in [0.4, 0.5) is 13.2 Å². The van der Waals surface area contributed by atoms with E-state index in [1.807, 2.05) is 0 Å². The molecule has 1 N–H and O–H groups in total. The zero-order chi connectivity index (χ0) is 20.4. The number of hydrogen-bond acceptors (Lipinski definition) is 6. The van der Waals surface area contributed by atoms with Gasteiger partial charge in [0.2, 0.25) is 5.82 Å². The van der Waals surface area contributed by atoms with Crippen LogP contribution in [0.3, 0.4) is 0 Å². The van der Waals surface area contributed by atoms with E-state index in [1.54, 1.807) is 18.2 Å². The SMILES string of the molecule is FC(F)(F)c1cccc(-c2cnnn2-c2cc(Cl)ccc2OCc2nn[nH]n2)c1. The van der Waals surface area contributed by atoms with E-state index >= 15 is 0 Å². The van der Waals surface area contributed by atoms with Crippen molar-refractivity contribution in [1.82, 2.24) is 35.6 Å². The summed E-state index contributed by atoms with van der Waals surface area (Å²) in [6.07, 6.45) is -3.11. The lowest BCUT2D eigenvalue weighted by Gasteiger charge is -2.13. The van der Waals surface area contributed by atoms with Crippen LogP contribution in [-0.2, 0) is 12.8 Å². The molecule has 0 radical (unpaired) electrons. The number of nitrogens with one attached hydrogen (secondary N) is 1. The summed E-state index contributed by atoms with van der Waals surface area (Å²) >= 11 is 6.11. The van der Waals surface area contributed by atoms with Crippen LogP contribution < -0.4 is 4.74 Å². The molecule has 12 heteroatoms. The standard InChI is InChI=1S/C17H11ClF3N7O/c18-12-4-5-15(29-9-16-23-25-26-24-16)13(7-12)28-14(8-22-27-28)10-2-1-3-11(6-10)17(19,20)21/h1-8H,9H2,(H,23,24,25,26). The predicted octanol–water partition coefficient (Wildman–Crippen LogP) is 3.70. The molecule has 4 aromatic rings. The molecule has 29 heavy (non-hydrogen) atoms. The summed E-state index contributed by atoms with van der Waals surface area (Å²) in [5.41, 5.74) is 0.241. The zero-order valence-corrected chi connectivity index (χ0v) is 15.2. The minimum absolute atomic E-state index is 0.0126. The fraction of sp³-hybridized carbons (Fsp3) is 0.118. The van der Waals surface area contributed by atoms with Crippen molar-refractivity contribution >= 4 is 11.6 Å². The number of H-pyrrole nitrogens is 1. The van der Waals surface area contributed by atoms with Gasteiger partial charge in [0, 0.05) is 10.6 Å². The second kappa shape index (κ2) is 7.51. The Labute approximate surface area is 166 Å². The number of tetrazole rings is 1. The molecular formula is C17H11ClF3N7O. The molecule has 0 saturated carbocycles. The molecule has 0 unspecified atom stereocenters. The Morgan fingerprint density at radius 2 is 2.00 bits per heavy atom. The van der Waals surface area contributed by atoms with Gasteiger partial charge in [0.1, 0.15) is 11.4 Å². The van der Waals surface area contributed by atoms with Crippen LogP contribution >= 0.6 is 11.6 Å². The number of ether oxygens (including phenoxy) is 1. The van der Waals surface area contributed by atoms with Crippen LogP contribution in [0.25, 0.3) is 16.9 Å². The molecule has 2 heterocycles. The zero-order valence-electron chi connectivity index (χ0n) is 14.4. The number of halogens is 4. The van der Waals surface area contributed by atoms with Gasteiger partial charge in [-0.25, -0.2) is 4.68 Å². The maximum Gasteiger partial charge on any atom is 0.416 e. The number of nitrogens with zero attached hydrogens (tertiary/aromatic N) is 6. The fourth-order valence-electron chi connectivity index (χ4n) is 2.63. The lowest BCUT2D eigenvalue weighted by Crippen LogP contribution is -2.07. The highest BCUT2D eigenvalue weighted by atomic mass is 35.5. The first-order valence-corrected chi connectivity index (χ1v) is 8.53. The summed E-state index contributed by atoms with van der Waals surface area (Å²) in [7, 11) is 0. The van der Waals surface area contributed by atoms with E-state index in [9.17, 15) is 13.2 Å². The van der Waals surface area contributed by atoms with Crippen molar-refractivity contribution in [1.29, 1.82) is 0 Å². The van der Waals surface area contributed by atoms with Gasteiger partial charge in [0.05, 0.1) is 17.5 Å². The van der Waals surface area contributed by atoms with Crippen LogP contribution in [0, 0.1) is 0 Å². The molecule has 0 bridgehead atoms. The Morgan fingerprint density at radius 1 is 1.14 bits per heavy atom. The van der Waals surface area contributed by atoms with Gasteiger partial charge >= 0.3 is 6.18 Å². The first kappa shape index (κ1) is 18.9. The van der Waals surface area contributed by atoms with Crippen LogP contribution in [-0.4, -0.2) is 35.6 Å². The number of aromatic nitrogens is 7. The monoisotopic (exact) mass is 421 g/mol. The third-order valence-electron chi connectivity index (χ3n) is 3.93. The van der Waals surface area contributed by atoms with Gasteiger partial charge in [-0.3, -0.25) is 0 Å². The van der Waals surface area contributed by atoms with Crippen LogP contribution in [0.15, 0.2) is 48.7 Å². The maximum atomic E-state index is 13.1. The first-order chi connectivity index (χ1) is 13.9. The van der Waals surface area contributed by atoms with Gasteiger partial charge < -0.3 is 4.74 Å². The molecule has 0 aliphatic rings. The van der Waals surface area contributed by atoms with E-state index in [0.29, 0.717) is 28.0 Å². The molecule has 8 nitrogen and oxygen atoms in total. The Bertz CT molecular complexity index is 1130. The maximum absolute atomic E-state index is 13.1. The summed E-state index contributed by atoms with van der Waals surface area (Å²) < 4.78 is 46.3. The van der Waals surface area contributed by atoms with Crippen molar-refractivity contribution in [2.45, 2.75) is 12.8 Å². The summed E-state index contributed by atoms with van der Waals surface area (Å²) in [6, 6.07) is 9.66. The van der Waals surface area contributed by atoms with Crippen LogP contribution in [0.5, 0.6) is 5.75 Å². The minimum atomic E-state index is -4.47. The van der Waals surface area contributed by atoms with Crippen molar-refractivity contribution < 1.29 is 17.9 Å². The van der Waals surface area contributed by atoms with Gasteiger partial charge in [-0.1, -0.05) is 34.2 Å². The first-order valence-electron chi connectivity index (χ1n) is 8.15. The van der Waals surface area contributed by atoms with E-state index in [2.05, 4.69) is 30.9 Å². The Kier molecular flexibility index (Phi) is 4.89. The molecular weight excluding hydrogens is 411 g/mol. The van der Waals surface area contributed by atoms with Crippen molar-refractivity contribution in [3.05, 3.63) is 65.1 Å². The van der Waals surface area contributed by atoms with E-state index < -0.39 is 11.7 Å². The third kappa shape index (κ3) is 4.04. The largest absolute Gasteiger partial charge is 0.483 e. The summed E-state index contributed by atoms with van der Waals surface area (Å²) in [4.78, 5) is 0. The van der Waals surface area contributed by atoms with Crippen molar-refractivity contribution in [2.75, 3.05) is 0 Å². The Balaban J connectivity index is 1.74. The molecule has 0 saturated heterocycles. The quantitative estimate of drug-likeness (QED) is 0.528. The predicted molar refractivity (Wildman–Crippen MR) is 95.3 cm³/mol. The highest BCUT2D eigenvalue weighted by Crippen LogP contribution is 2.34. The average molecular weight is 422 g/mol. The number of aromatic amines is 1. The van der Waals surface area contributed by atoms with E-state index in [-0.39, 0.29) is 12.2 Å². The Hall–Kier alpha value is -3.47. The molecule has 0 atom stereocenters. The minimum Gasteiger partial charge on any atom is -0.483 e.